The topological polar surface area (TPSA) is 64.0 Å². The Morgan fingerprint density at radius 3 is 2.48 bits per heavy atom. The average molecular weight is 419 g/mol. The Balaban J connectivity index is 1.20. The first kappa shape index (κ1) is 21.0. The fraction of sp³-hybridized carbons (Fsp3) is 0.280. The number of carbonyl (C=O) groups excluding carboxylic acids is 1. The fourth-order valence-corrected chi connectivity index (χ4v) is 3.87. The Morgan fingerprint density at radius 2 is 1.74 bits per heavy atom. The number of nitrogens with zero attached hydrogens (tertiary/aromatic N) is 1. The molecule has 1 saturated heterocycles. The second-order valence-electron chi connectivity index (χ2n) is 8.18. The van der Waals surface area contributed by atoms with Gasteiger partial charge in [-0.2, -0.15) is 0 Å². The quantitative estimate of drug-likeness (QED) is 0.538. The summed E-state index contributed by atoms with van der Waals surface area (Å²) in [6.45, 7) is 7.65. The predicted molar refractivity (Wildman–Crippen MR) is 122 cm³/mol. The predicted octanol–water partition coefficient (Wildman–Crippen LogP) is 1.09. The summed E-state index contributed by atoms with van der Waals surface area (Å²) in [6.07, 6.45) is 4.43. The molecular weight excluding hydrogens is 388 g/mol. The van der Waals surface area contributed by atoms with Gasteiger partial charge in [0.2, 0.25) is 5.88 Å². The molecule has 2 aromatic carbocycles. The first-order valence-electron chi connectivity index (χ1n) is 10.9. The van der Waals surface area contributed by atoms with E-state index in [9.17, 15) is 4.79 Å². The van der Waals surface area contributed by atoms with Gasteiger partial charge in [-0.1, -0.05) is 71.4 Å². The molecule has 4 rings (SSSR count). The molecule has 6 heteroatoms. The summed E-state index contributed by atoms with van der Waals surface area (Å²) >= 11 is 0. The van der Waals surface area contributed by atoms with Gasteiger partial charge in [0, 0.05) is 11.6 Å². The normalized spacial score (nSPS) is 18.9. The maximum atomic E-state index is 12.4. The summed E-state index contributed by atoms with van der Waals surface area (Å²) in [5.41, 5.74) is 4.13. The molecule has 1 aliphatic rings. The molecule has 1 aromatic heterocycles. The Bertz CT molecular complexity index is 1000. The molecular formula is C25H30N4O2+2. The fourth-order valence-electron chi connectivity index (χ4n) is 3.87. The van der Waals surface area contributed by atoms with Gasteiger partial charge in [-0.05, 0) is 18.6 Å². The maximum Gasteiger partial charge on any atom is 0.281 e. The number of amides is 1. The summed E-state index contributed by atoms with van der Waals surface area (Å²) < 4.78 is 5.30. The second kappa shape index (κ2) is 10.2. The van der Waals surface area contributed by atoms with Crippen LogP contribution in [-0.2, 0) is 4.79 Å². The molecule has 31 heavy (non-hydrogen) atoms. The summed E-state index contributed by atoms with van der Waals surface area (Å²) in [6, 6.07) is 20.2. The largest absolute Gasteiger partial charge is 0.338 e. The average Bonchev–Trinajstić information content (AvgIpc) is 3.24. The first-order chi connectivity index (χ1) is 15.2. The molecule has 0 unspecified atom stereocenters. The first-order valence-corrected chi connectivity index (χ1v) is 10.9. The van der Waals surface area contributed by atoms with Crippen LogP contribution in [0.15, 0.2) is 71.3 Å². The lowest BCUT2D eigenvalue weighted by atomic mass is 10.1. The number of rotatable bonds is 7. The highest BCUT2D eigenvalue weighted by Gasteiger charge is 2.24. The van der Waals surface area contributed by atoms with Gasteiger partial charge in [0.05, 0.1) is 6.54 Å². The smallest absolute Gasteiger partial charge is 0.281 e. The minimum Gasteiger partial charge on any atom is -0.338 e. The summed E-state index contributed by atoms with van der Waals surface area (Å²) in [4.78, 5) is 15.3. The van der Waals surface area contributed by atoms with E-state index in [1.807, 2.05) is 37.3 Å². The highest BCUT2D eigenvalue weighted by atomic mass is 16.5. The Labute approximate surface area is 183 Å². The van der Waals surface area contributed by atoms with E-state index in [0.717, 1.165) is 44.0 Å². The third-order valence-electron chi connectivity index (χ3n) is 5.71. The van der Waals surface area contributed by atoms with E-state index in [4.69, 9.17) is 4.52 Å². The Hall–Kier alpha value is -3.22. The molecule has 1 fully saturated rings. The van der Waals surface area contributed by atoms with Gasteiger partial charge in [0.1, 0.15) is 31.9 Å². The number of piperazine rings is 1. The van der Waals surface area contributed by atoms with Crippen molar-refractivity contribution in [2.24, 2.45) is 0 Å². The van der Waals surface area contributed by atoms with Crippen molar-refractivity contribution in [3.8, 4) is 11.3 Å². The van der Waals surface area contributed by atoms with E-state index in [0.29, 0.717) is 12.4 Å². The van der Waals surface area contributed by atoms with Crippen LogP contribution in [0.3, 0.4) is 0 Å². The van der Waals surface area contributed by atoms with Gasteiger partial charge in [0.25, 0.3) is 5.91 Å². The second-order valence-corrected chi connectivity index (χ2v) is 8.18. The lowest BCUT2D eigenvalue weighted by Gasteiger charge is -2.28. The van der Waals surface area contributed by atoms with Crippen molar-refractivity contribution in [1.29, 1.82) is 0 Å². The molecule has 0 spiro atoms. The zero-order valence-corrected chi connectivity index (χ0v) is 17.9. The highest BCUT2D eigenvalue weighted by molar-refractivity contribution is 5.90. The maximum absolute atomic E-state index is 12.4. The number of nitrogens with one attached hydrogen (secondary N) is 3. The Kier molecular flexibility index (Phi) is 6.92. The van der Waals surface area contributed by atoms with E-state index in [1.165, 1.54) is 16.0 Å². The zero-order chi connectivity index (χ0) is 21.5. The summed E-state index contributed by atoms with van der Waals surface area (Å²) in [5.74, 6) is 0.365. The number of benzene rings is 2. The third-order valence-corrected chi connectivity index (χ3v) is 5.71. The number of anilines is 1. The van der Waals surface area contributed by atoms with Crippen molar-refractivity contribution in [3.63, 3.8) is 0 Å². The van der Waals surface area contributed by atoms with Crippen molar-refractivity contribution >= 4 is 17.9 Å². The monoisotopic (exact) mass is 418 g/mol. The van der Waals surface area contributed by atoms with Gasteiger partial charge in [-0.3, -0.25) is 10.1 Å². The van der Waals surface area contributed by atoms with Crippen LogP contribution in [0.1, 0.15) is 11.1 Å². The molecule has 160 valence electrons. The van der Waals surface area contributed by atoms with Gasteiger partial charge in [-0.25, -0.2) is 0 Å². The van der Waals surface area contributed by atoms with E-state index < -0.39 is 0 Å². The molecule has 0 bridgehead atoms. The number of carbonyl (C=O) groups is 1. The number of quaternary nitrogens is 2. The van der Waals surface area contributed by atoms with Crippen LogP contribution in [0.25, 0.3) is 17.3 Å². The summed E-state index contributed by atoms with van der Waals surface area (Å²) in [5, 5.41) is 6.92. The Morgan fingerprint density at radius 1 is 1.03 bits per heavy atom. The van der Waals surface area contributed by atoms with Crippen molar-refractivity contribution < 1.29 is 19.1 Å². The molecule has 2 heterocycles. The minimum atomic E-state index is -0.0333. The van der Waals surface area contributed by atoms with Gasteiger partial charge in [-0.15, -0.1) is 0 Å². The minimum absolute atomic E-state index is 0.0333. The zero-order valence-electron chi connectivity index (χ0n) is 17.9. The van der Waals surface area contributed by atoms with E-state index in [-0.39, 0.29) is 5.91 Å². The van der Waals surface area contributed by atoms with Crippen LogP contribution in [-0.4, -0.2) is 50.3 Å². The third kappa shape index (κ3) is 6.13. The number of aryl methyl sites for hydroxylation is 1. The van der Waals surface area contributed by atoms with Gasteiger partial charge >= 0.3 is 0 Å². The standard InChI is InChI=1S/C25H28N4O2/c1-20-9-11-22(12-10-20)23-18-25(31-27-23)26-24(30)19-29-16-14-28(15-17-29)13-5-8-21-6-3-2-4-7-21/h2-12,18H,13-17,19H2,1H3,(H,26,30)/p+2/b8-5+. The van der Waals surface area contributed by atoms with Crippen LogP contribution in [0, 0.1) is 6.92 Å². The molecule has 1 aliphatic heterocycles. The van der Waals surface area contributed by atoms with Gasteiger partial charge in [0.15, 0.2) is 6.54 Å². The van der Waals surface area contributed by atoms with Crippen molar-refractivity contribution in [3.05, 3.63) is 77.9 Å². The number of aromatic nitrogens is 1. The van der Waals surface area contributed by atoms with Crippen LogP contribution >= 0.6 is 0 Å². The van der Waals surface area contributed by atoms with E-state index >= 15 is 0 Å². The van der Waals surface area contributed by atoms with Crippen LogP contribution < -0.4 is 15.1 Å². The van der Waals surface area contributed by atoms with Crippen LogP contribution in [0.2, 0.25) is 0 Å². The molecule has 0 atom stereocenters. The molecule has 0 aliphatic carbocycles. The van der Waals surface area contributed by atoms with Gasteiger partial charge < -0.3 is 14.3 Å². The highest BCUT2D eigenvalue weighted by Crippen LogP contribution is 2.21. The molecule has 0 saturated carbocycles. The number of hydrogen-bond acceptors (Lipinski definition) is 3. The van der Waals surface area contributed by atoms with E-state index in [2.05, 4.69) is 46.9 Å². The lowest BCUT2D eigenvalue weighted by Crippen LogP contribution is -3.28. The van der Waals surface area contributed by atoms with Crippen molar-refractivity contribution in [2.75, 3.05) is 44.6 Å². The SMILES string of the molecule is Cc1ccc(-c2cc(NC(=O)C[NH+]3CC[NH+](C/C=C/c4ccccc4)CC3)on2)cc1. The van der Waals surface area contributed by atoms with Crippen molar-refractivity contribution in [1.82, 2.24) is 5.16 Å². The number of hydrogen-bond donors (Lipinski definition) is 3. The van der Waals surface area contributed by atoms with E-state index in [1.54, 1.807) is 11.0 Å². The van der Waals surface area contributed by atoms with Crippen LogP contribution in [0.4, 0.5) is 5.88 Å². The molecule has 3 aromatic rings. The summed E-state index contributed by atoms with van der Waals surface area (Å²) in [7, 11) is 0. The lowest BCUT2D eigenvalue weighted by molar-refractivity contribution is -1.01. The molecule has 1 amide bonds. The molecule has 0 radical (unpaired) electrons. The molecule has 3 N–H and O–H groups in total. The van der Waals surface area contributed by atoms with Crippen molar-refractivity contribution in [2.45, 2.75) is 6.92 Å². The molecule has 6 nitrogen and oxygen atoms in total. The van der Waals surface area contributed by atoms with Crippen LogP contribution in [0.5, 0.6) is 0 Å².